The molecule has 7 rings (SSSR count). The van der Waals surface area contributed by atoms with Crippen molar-refractivity contribution in [2.24, 2.45) is 0 Å². The molecule has 4 heterocycles. The average molecular weight is 765 g/mol. The maximum Gasteiger partial charge on any atom is 0.332 e. The Bertz CT molecular complexity index is 1920. The van der Waals surface area contributed by atoms with Gasteiger partial charge >= 0.3 is 6.03 Å². The van der Waals surface area contributed by atoms with Gasteiger partial charge < -0.3 is 34.0 Å². The highest BCUT2D eigenvalue weighted by Gasteiger charge is 2.54. The molecule has 0 aliphatic carbocycles. The van der Waals surface area contributed by atoms with Crippen molar-refractivity contribution in [3.05, 3.63) is 95.0 Å². The van der Waals surface area contributed by atoms with E-state index < -0.39 is 29.5 Å². The summed E-state index contributed by atoms with van der Waals surface area (Å²) in [6, 6.07) is 19.8. The van der Waals surface area contributed by atoms with Gasteiger partial charge in [0.15, 0.2) is 0 Å². The van der Waals surface area contributed by atoms with Crippen LogP contribution >= 0.6 is 23.2 Å². The average Bonchev–Trinajstić information content (AvgIpc) is 3.85. The van der Waals surface area contributed by atoms with Gasteiger partial charge in [-0.2, -0.15) is 5.10 Å². The molecule has 1 aromatic heterocycles. The number of hydrogen-bond donors (Lipinski definition) is 1. The van der Waals surface area contributed by atoms with E-state index in [0.29, 0.717) is 27.9 Å². The van der Waals surface area contributed by atoms with E-state index >= 15 is 0 Å². The third-order valence-corrected chi connectivity index (χ3v) is 10.8. The van der Waals surface area contributed by atoms with E-state index in [1.54, 1.807) is 56.9 Å². The Balaban J connectivity index is 0.925. The van der Waals surface area contributed by atoms with E-state index in [0.717, 1.165) is 43.3 Å². The van der Waals surface area contributed by atoms with Gasteiger partial charge in [-0.25, -0.2) is 19.4 Å². The van der Waals surface area contributed by atoms with Crippen LogP contribution in [0.2, 0.25) is 10.0 Å². The zero-order valence-corrected chi connectivity index (χ0v) is 31.6. The Morgan fingerprint density at radius 3 is 2.13 bits per heavy atom. The molecule has 53 heavy (non-hydrogen) atoms. The topological polar surface area (TPSA) is 126 Å². The number of ether oxygens (including phenoxy) is 3. The second kappa shape index (κ2) is 14.8. The molecule has 4 atom stereocenters. The van der Waals surface area contributed by atoms with Crippen LogP contribution in [0.25, 0.3) is 0 Å². The maximum absolute atomic E-state index is 13.4. The lowest BCUT2D eigenvalue weighted by Gasteiger charge is -2.37. The Hall–Kier alpha value is -4.40. The number of nitrogens with zero attached hydrogens (tertiary/aromatic N) is 7. The number of urea groups is 1. The first kappa shape index (κ1) is 36.9. The van der Waals surface area contributed by atoms with Crippen LogP contribution < -0.4 is 19.4 Å². The van der Waals surface area contributed by atoms with Crippen molar-refractivity contribution in [2.75, 3.05) is 54.1 Å². The van der Waals surface area contributed by atoms with Crippen LogP contribution in [0.15, 0.2) is 79.4 Å². The molecular weight excluding hydrogens is 721 g/mol. The molecule has 0 spiro atoms. The highest BCUT2D eigenvalue weighted by Crippen LogP contribution is 2.41. The molecule has 0 saturated carbocycles. The molecule has 3 fully saturated rings. The maximum atomic E-state index is 13.4. The molecule has 0 radical (unpaired) electrons. The van der Waals surface area contributed by atoms with Crippen molar-refractivity contribution in [3.63, 3.8) is 0 Å². The molecule has 3 aliphatic rings. The summed E-state index contributed by atoms with van der Waals surface area (Å²) in [5.41, 5.74) is 2.22. The van der Waals surface area contributed by atoms with Crippen LogP contribution in [-0.4, -0.2) is 99.9 Å². The van der Waals surface area contributed by atoms with Crippen LogP contribution in [-0.2, 0) is 26.6 Å². The normalized spacial score (nSPS) is 22.8. The monoisotopic (exact) mass is 763 g/mol. The zero-order chi connectivity index (χ0) is 37.5. The molecule has 0 bridgehead atoms. The number of piperazine rings is 1. The second-order valence-corrected chi connectivity index (χ2v) is 15.0. The van der Waals surface area contributed by atoms with Crippen molar-refractivity contribution < 1.29 is 28.9 Å². The van der Waals surface area contributed by atoms with Crippen molar-refractivity contribution in [3.8, 4) is 5.75 Å². The third kappa shape index (κ3) is 7.28. The second-order valence-electron chi connectivity index (χ2n) is 14.1. The summed E-state index contributed by atoms with van der Waals surface area (Å²) >= 11 is 12.7. The van der Waals surface area contributed by atoms with Gasteiger partial charge in [0.05, 0.1) is 29.5 Å². The lowest BCUT2D eigenvalue weighted by molar-refractivity contribution is -0.190. The molecule has 15 heteroatoms. The minimum Gasteiger partial charge on any atom is -0.491 e. The standard InChI is InChI=1S/C38H43Cl2N7O6/c1-25(26(2)48)47-36(50)46(35(49)37(47,3)4)30-8-6-28(7-9-30)43-15-17-44(18-16-43)29-10-12-31(13-11-29)51-20-32-21-52-38(53-32,22-45-24-41-23-42-45)33-14-5-27(39)19-34(33)40/h5-14,19,23-26,32,48H,15-18,20-22H2,1-4H3. The van der Waals surface area contributed by atoms with Crippen molar-refractivity contribution >= 4 is 52.2 Å². The summed E-state index contributed by atoms with van der Waals surface area (Å²) in [6.07, 6.45) is 1.92. The van der Waals surface area contributed by atoms with E-state index in [9.17, 15) is 14.7 Å². The molecule has 3 aromatic carbocycles. The summed E-state index contributed by atoms with van der Waals surface area (Å²) in [5, 5.41) is 15.3. The Morgan fingerprint density at radius 2 is 1.55 bits per heavy atom. The van der Waals surface area contributed by atoms with Crippen molar-refractivity contribution in [2.45, 2.75) is 63.8 Å². The first-order chi connectivity index (χ1) is 25.4. The molecule has 3 amide bonds. The van der Waals surface area contributed by atoms with Crippen LogP contribution in [0.3, 0.4) is 0 Å². The fourth-order valence-electron chi connectivity index (χ4n) is 7.20. The highest BCUT2D eigenvalue weighted by molar-refractivity contribution is 6.35. The van der Waals surface area contributed by atoms with Gasteiger partial charge in [-0.05, 0) is 88.4 Å². The number of carbonyl (C=O) groups is 2. The fourth-order valence-corrected chi connectivity index (χ4v) is 7.75. The van der Waals surface area contributed by atoms with E-state index in [2.05, 4.69) is 32.0 Å². The zero-order valence-electron chi connectivity index (χ0n) is 30.1. The van der Waals surface area contributed by atoms with E-state index in [1.165, 1.54) is 16.1 Å². The Morgan fingerprint density at radius 1 is 0.925 bits per heavy atom. The van der Waals surface area contributed by atoms with Crippen molar-refractivity contribution in [1.82, 2.24) is 19.7 Å². The minimum atomic E-state index is -1.18. The van der Waals surface area contributed by atoms with Gasteiger partial charge in [-0.1, -0.05) is 29.3 Å². The molecule has 3 aliphatic heterocycles. The van der Waals surface area contributed by atoms with Gasteiger partial charge in [-0.3, -0.25) is 4.79 Å². The number of halogens is 2. The first-order valence-electron chi connectivity index (χ1n) is 17.6. The Kier molecular flexibility index (Phi) is 10.3. The van der Waals surface area contributed by atoms with E-state index in [-0.39, 0.29) is 25.2 Å². The van der Waals surface area contributed by atoms with E-state index in [1.807, 2.05) is 36.4 Å². The van der Waals surface area contributed by atoms with Gasteiger partial charge in [-0.15, -0.1) is 0 Å². The molecular formula is C38H43Cl2N7O6. The number of amides is 3. The van der Waals surface area contributed by atoms with Gasteiger partial charge in [0, 0.05) is 48.1 Å². The molecule has 4 aromatic rings. The number of aliphatic hydroxyl groups excluding tert-OH is 1. The number of carbonyl (C=O) groups excluding carboxylic acids is 2. The summed E-state index contributed by atoms with van der Waals surface area (Å²) < 4.78 is 20.5. The molecule has 280 valence electrons. The third-order valence-electron chi connectivity index (χ3n) is 10.3. The number of rotatable bonds is 11. The van der Waals surface area contributed by atoms with Crippen LogP contribution in [0, 0.1) is 0 Å². The summed E-state index contributed by atoms with van der Waals surface area (Å²) in [6.45, 7) is 10.9. The lowest BCUT2D eigenvalue weighted by Crippen LogP contribution is -2.52. The number of imide groups is 1. The SMILES string of the molecule is CC(O)C(C)N1C(=O)N(c2ccc(N3CCN(c4ccc(OCC5COC(Cn6cncn6)(c6ccc(Cl)cc6Cl)O5)cc4)CC3)cc2)C(=O)C1(C)C. The molecule has 13 nitrogen and oxygen atoms in total. The Labute approximate surface area is 318 Å². The lowest BCUT2D eigenvalue weighted by atomic mass is 10.0. The number of benzene rings is 3. The number of aliphatic hydroxyl groups is 1. The van der Waals surface area contributed by atoms with Crippen LogP contribution in [0.4, 0.5) is 21.9 Å². The first-order valence-corrected chi connectivity index (χ1v) is 18.4. The number of aromatic nitrogens is 3. The smallest absolute Gasteiger partial charge is 0.332 e. The predicted molar refractivity (Wildman–Crippen MR) is 202 cm³/mol. The van der Waals surface area contributed by atoms with Crippen LogP contribution in [0.1, 0.15) is 33.3 Å². The summed E-state index contributed by atoms with van der Waals surface area (Å²) in [5.74, 6) is -0.771. The summed E-state index contributed by atoms with van der Waals surface area (Å²) in [7, 11) is 0. The summed E-state index contributed by atoms with van der Waals surface area (Å²) in [4.78, 5) is 38.0. The van der Waals surface area contributed by atoms with Gasteiger partial charge in [0.25, 0.3) is 5.91 Å². The van der Waals surface area contributed by atoms with E-state index in [4.69, 9.17) is 37.4 Å². The minimum absolute atomic E-state index is 0.251. The van der Waals surface area contributed by atoms with Gasteiger partial charge in [0.1, 0.15) is 43.2 Å². The largest absolute Gasteiger partial charge is 0.491 e. The highest BCUT2D eigenvalue weighted by atomic mass is 35.5. The predicted octanol–water partition coefficient (Wildman–Crippen LogP) is 5.58. The quantitative estimate of drug-likeness (QED) is 0.194. The molecule has 1 N–H and O–H groups in total. The fraction of sp³-hybridized carbons (Fsp3) is 0.421. The van der Waals surface area contributed by atoms with Gasteiger partial charge in [0.2, 0.25) is 5.79 Å². The molecule has 4 unspecified atom stereocenters. The van der Waals surface area contributed by atoms with Crippen molar-refractivity contribution in [1.29, 1.82) is 0 Å². The molecule has 3 saturated heterocycles. The van der Waals surface area contributed by atoms with Crippen LogP contribution in [0.5, 0.6) is 5.75 Å². The number of anilines is 3. The number of hydrogen-bond acceptors (Lipinski definition) is 10.